The lowest BCUT2D eigenvalue weighted by Crippen LogP contribution is -2.48. The zero-order chi connectivity index (χ0) is 21.8. The number of aromatic nitrogens is 4. The molecule has 1 amide bonds. The van der Waals surface area contributed by atoms with Crippen LogP contribution in [-0.4, -0.2) is 61.7 Å². The van der Waals surface area contributed by atoms with Crippen molar-refractivity contribution < 1.29 is 4.79 Å². The number of nitrogens with zero attached hydrogens (tertiary/aromatic N) is 7. The quantitative estimate of drug-likeness (QED) is 0.668. The van der Waals surface area contributed by atoms with E-state index in [9.17, 15) is 4.79 Å². The molecular formula is C22H26ClN7O. The number of amidine groups is 1. The van der Waals surface area contributed by atoms with Crippen LogP contribution in [0.3, 0.4) is 0 Å². The van der Waals surface area contributed by atoms with Crippen LogP contribution in [-0.2, 0) is 11.3 Å². The standard InChI is InChI=1S/C22H26ClN7O/c1-15-24-11-10-20(25-15)21-5-3-4-12-29(21)22(31)9-7-17-6-8-19(23)13-18(17)14-30-27-16(2)26-28-30/h6-9,13,21H,3-5,10-12,14H2,1-2H3/b9-7+. The average Bonchev–Trinajstić information content (AvgIpc) is 3.17. The van der Waals surface area contributed by atoms with Crippen LogP contribution in [0.1, 0.15) is 49.6 Å². The fourth-order valence-corrected chi connectivity index (χ4v) is 4.28. The highest BCUT2D eigenvalue weighted by molar-refractivity contribution is 6.30. The van der Waals surface area contributed by atoms with Gasteiger partial charge in [0.15, 0.2) is 5.82 Å². The van der Waals surface area contributed by atoms with Crippen LogP contribution in [0.5, 0.6) is 0 Å². The van der Waals surface area contributed by atoms with Crippen molar-refractivity contribution in [1.82, 2.24) is 25.1 Å². The Morgan fingerprint density at radius 1 is 1.29 bits per heavy atom. The van der Waals surface area contributed by atoms with Gasteiger partial charge in [-0.3, -0.25) is 9.79 Å². The molecule has 8 nitrogen and oxygen atoms in total. The molecule has 2 aliphatic rings. The summed E-state index contributed by atoms with van der Waals surface area (Å²) in [5.74, 6) is 1.41. The van der Waals surface area contributed by atoms with Gasteiger partial charge in [0.25, 0.3) is 0 Å². The fraction of sp³-hybridized carbons (Fsp3) is 0.455. The molecule has 1 aromatic heterocycles. The summed E-state index contributed by atoms with van der Waals surface area (Å²) in [5.41, 5.74) is 2.90. The number of hydrogen-bond donors (Lipinski definition) is 0. The van der Waals surface area contributed by atoms with Gasteiger partial charge >= 0.3 is 0 Å². The molecule has 9 heteroatoms. The number of rotatable bonds is 5. The van der Waals surface area contributed by atoms with Crippen molar-refractivity contribution in [2.75, 3.05) is 13.1 Å². The zero-order valence-corrected chi connectivity index (χ0v) is 18.6. The lowest BCUT2D eigenvalue weighted by molar-refractivity contribution is -0.128. The Morgan fingerprint density at radius 2 is 2.16 bits per heavy atom. The second-order valence-corrected chi connectivity index (χ2v) is 8.31. The minimum absolute atomic E-state index is 0.00295. The third-order valence-electron chi connectivity index (χ3n) is 5.56. The van der Waals surface area contributed by atoms with Crippen LogP contribution in [0.15, 0.2) is 34.3 Å². The van der Waals surface area contributed by atoms with Crippen molar-refractivity contribution in [3.05, 3.63) is 46.2 Å². The fourth-order valence-electron chi connectivity index (χ4n) is 4.09. The van der Waals surface area contributed by atoms with Gasteiger partial charge in [-0.2, -0.15) is 4.80 Å². The monoisotopic (exact) mass is 439 g/mol. The molecule has 1 fully saturated rings. The average molecular weight is 440 g/mol. The minimum Gasteiger partial charge on any atom is -0.331 e. The summed E-state index contributed by atoms with van der Waals surface area (Å²) < 4.78 is 0. The summed E-state index contributed by atoms with van der Waals surface area (Å²) in [6.07, 6.45) is 7.39. The number of tetrazole rings is 1. The molecule has 0 spiro atoms. The van der Waals surface area contributed by atoms with Gasteiger partial charge in [0.1, 0.15) is 5.84 Å². The molecule has 162 valence electrons. The number of carbonyl (C=O) groups excluding carboxylic acids is 1. The SMILES string of the molecule is CC1=NCCC(C2CCCCN2C(=O)/C=C/c2ccc(Cl)cc2Cn2nnc(C)n2)=N1. The summed E-state index contributed by atoms with van der Waals surface area (Å²) in [4.78, 5) is 25.6. The van der Waals surface area contributed by atoms with Gasteiger partial charge in [0.2, 0.25) is 5.91 Å². The van der Waals surface area contributed by atoms with Crippen LogP contribution < -0.4 is 0 Å². The van der Waals surface area contributed by atoms with Crippen LogP contribution in [0.25, 0.3) is 6.08 Å². The summed E-state index contributed by atoms with van der Waals surface area (Å²) in [5, 5.41) is 12.8. The molecule has 1 saturated heterocycles. The van der Waals surface area contributed by atoms with Gasteiger partial charge in [-0.15, -0.1) is 10.2 Å². The maximum absolute atomic E-state index is 13.1. The Kier molecular flexibility index (Phi) is 6.56. The number of piperidine rings is 1. The van der Waals surface area contributed by atoms with E-state index in [0.29, 0.717) is 17.4 Å². The molecule has 0 saturated carbocycles. The molecule has 1 atom stereocenters. The molecule has 3 heterocycles. The van der Waals surface area contributed by atoms with E-state index in [4.69, 9.17) is 11.6 Å². The second-order valence-electron chi connectivity index (χ2n) is 7.87. The second kappa shape index (κ2) is 9.51. The lowest BCUT2D eigenvalue weighted by Gasteiger charge is -2.36. The van der Waals surface area contributed by atoms with Crippen molar-refractivity contribution in [2.24, 2.45) is 9.98 Å². The number of likely N-dealkylation sites (tertiary alicyclic amines) is 1. The predicted molar refractivity (Wildman–Crippen MR) is 122 cm³/mol. The van der Waals surface area contributed by atoms with Gasteiger partial charge in [-0.05, 0) is 67.7 Å². The number of amides is 1. The normalized spacial score (nSPS) is 19.5. The highest BCUT2D eigenvalue weighted by Crippen LogP contribution is 2.23. The van der Waals surface area contributed by atoms with Crippen LogP contribution in [0.4, 0.5) is 0 Å². The molecule has 31 heavy (non-hydrogen) atoms. The Morgan fingerprint density at radius 3 is 2.94 bits per heavy atom. The maximum Gasteiger partial charge on any atom is 0.247 e. The van der Waals surface area contributed by atoms with E-state index in [1.54, 1.807) is 13.0 Å². The van der Waals surface area contributed by atoms with Gasteiger partial charge in [0.05, 0.1) is 12.6 Å². The van der Waals surface area contributed by atoms with Gasteiger partial charge in [-0.1, -0.05) is 17.7 Å². The number of halogens is 1. The van der Waals surface area contributed by atoms with E-state index in [1.807, 2.05) is 36.1 Å². The van der Waals surface area contributed by atoms with Gasteiger partial charge in [0, 0.05) is 36.3 Å². The molecule has 1 aromatic carbocycles. The molecule has 1 unspecified atom stereocenters. The molecule has 0 bridgehead atoms. The highest BCUT2D eigenvalue weighted by Gasteiger charge is 2.30. The van der Waals surface area contributed by atoms with Crippen molar-refractivity contribution in [1.29, 1.82) is 0 Å². The van der Waals surface area contributed by atoms with Crippen molar-refractivity contribution in [3.8, 4) is 0 Å². The Bertz CT molecular complexity index is 1060. The Labute approximate surface area is 186 Å². The van der Waals surface area contributed by atoms with E-state index in [0.717, 1.165) is 61.4 Å². The first-order valence-corrected chi connectivity index (χ1v) is 11.0. The minimum atomic E-state index is 0.00295. The predicted octanol–water partition coefficient (Wildman–Crippen LogP) is 3.34. The van der Waals surface area contributed by atoms with E-state index in [1.165, 1.54) is 4.80 Å². The molecule has 0 radical (unpaired) electrons. The van der Waals surface area contributed by atoms with Gasteiger partial charge in [-0.25, -0.2) is 4.99 Å². The number of hydrogen-bond acceptors (Lipinski definition) is 6. The van der Waals surface area contributed by atoms with Crippen LogP contribution >= 0.6 is 11.6 Å². The topological polar surface area (TPSA) is 88.6 Å². The molecule has 2 aromatic rings. The zero-order valence-electron chi connectivity index (χ0n) is 17.8. The molecular weight excluding hydrogens is 414 g/mol. The first-order valence-electron chi connectivity index (χ1n) is 10.6. The van der Waals surface area contributed by atoms with E-state index in [2.05, 4.69) is 25.4 Å². The van der Waals surface area contributed by atoms with E-state index < -0.39 is 0 Å². The van der Waals surface area contributed by atoms with E-state index >= 15 is 0 Å². The molecule has 0 N–H and O–H groups in total. The maximum atomic E-state index is 13.1. The number of aliphatic imine (C=N–C) groups is 2. The smallest absolute Gasteiger partial charge is 0.247 e. The van der Waals surface area contributed by atoms with Crippen molar-refractivity contribution >= 4 is 35.1 Å². The number of aryl methyl sites for hydroxylation is 1. The summed E-state index contributed by atoms with van der Waals surface area (Å²) in [6, 6.07) is 5.65. The van der Waals surface area contributed by atoms with Crippen LogP contribution in [0, 0.1) is 6.92 Å². The highest BCUT2D eigenvalue weighted by atomic mass is 35.5. The summed E-state index contributed by atoms with van der Waals surface area (Å²) in [6.45, 7) is 5.64. The van der Waals surface area contributed by atoms with Crippen molar-refractivity contribution in [3.63, 3.8) is 0 Å². The van der Waals surface area contributed by atoms with Crippen LogP contribution in [0.2, 0.25) is 5.02 Å². The molecule has 2 aliphatic heterocycles. The summed E-state index contributed by atoms with van der Waals surface area (Å²) >= 11 is 6.20. The summed E-state index contributed by atoms with van der Waals surface area (Å²) in [7, 11) is 0. The van der Waals surface area contributed by atoms with E-state index in [-0.39, 0.29) is 11.9 Å². The Balaban J connectivity index is 1.53. The lowest BCUT2D eigenvalue weighted by atomic mass is 9.95. The van der Waals surface area contributed by atoms with Gasteiger partial charge < -0.3 is 4.90 Å². The number of benzene rings is 1. The molecule has 4 rings (SSSR count). The molecule has 0 aliphatic carbocycles. The largest absolute Gasteiger partial charge is 0.331 e. The van der Waals surface area contributed by atoms with Crippen molar-refractivity contribution in [2.45, 2.75) is 52.1 Å². The number of carbonyl (C=O) groups is 1. The first-order chi connectivity index (χ1) is 15.0. The first kappa shape index (κ1) is 21.4. The third-order valence-corrected chi connectivity index (χ3v) is 5.79. The Hall–Kier alpha value is -2.87. The third kappa shape index (κ3) is 5.25.